The number of hydrogen-bond donors (Lipinski definition) is 1. The fourth-order valence-electron chi connectivity index (χ4n) is 2.60. The summed E-state index contributed by atoms with van der Waals surface area (Å²) in [6, 6.07) is 17.1. The van der Waals surface area contributed by atoms with Gasteiger partial charge in [-0.2, -0.15) is 0 Å². The van der Waals surface area contributed by atoms with Gasteiger partial charge < -0.3 is 10.1 Å². The predicted octanol–water partition coefficient (Wildman–Crippen LogP) is 3.90. The van der Waals surface area contributed by atoms with Crippen LogP contribution in [0.2, 0.25) is 0 Å². The smallest absolute Gasteiger partial charge is 0.251 e. The van der Waals surface area contributed by atoms with Crippen molar-refractivity contribution >= 4 is 22.2 Å². The molecule has 0 aliphatic heterocycles. The van der Waals surface area contributed by atoms with Crippen LogP contribution in [0.1, 0.15) is 21.6 Å². The van der Waals surface area contributed by atoms with Gasteiger partial charge in [0, 0.05) is 23.3 Å². The van der Waals surface area contributed by atoms with Crippen LogP contribution in [0, 0.1) is 0 Å². The van der Waals surface area contributed by atoms with E-state index in [1.165, 1.54) is 0 Å². The van der Waals surface area contributed by atoms with Crippen LogP contribution >= 0.6 is 11.3 Å². The summed E-state index contributed by atoms with van der Waals surface area (Å²) in [4.78, 5) is 17.8. The van der Waals surface area contributed by atoms with Crippen molar-refractivity contribution in [1.29, 1.82) is 0 Å². The third-order valence-electron chi connectivity index (χ3n) is 3.92. The number of nitrogens with one attached hydrogen (secondary N) is 1. The van der Waals surface area contributed by atoms with Gasteiger partial charge in [-0.25, -0.2) is 4.98 Å². The number of aromatic nitrogens is 2. The summed E-state index contributed by atoms with van der Waals surface area (Å²) in [5.74, 6) is 0.524. The second-order valence-electron chi connectivity index (χ2n) is 5.81. The number of carbonyl (C=O) groups excluding carboxylic acids is 1. The molecule has 6 heteroatoms. The van der Waals surface area contributed by atoms with Crippen molar-refractivity contribution in [3.63, 3.8) is 0 Å². The molecule has 5 nitrogen and oxygen atoms in total. The molecule has 0 saturated carbocycles. The molecule has 0 fully saturated rings. The Bertz CT molecular complexity index is 995. The summed E-state index contributed by atoms with van der Waals surface area (Å²) in [5.41, 5.74) is 2.49. The van der Waals surface area contributed by atoms with Crippen LogP contribution in [0.15, 0.2) is 72.4 Å². The third kappa shape index (κ3) is 3.75. The highest BCUT2D eigenvalue weighted by Crippen LogP contribution is 2.16. The van der Waals surface area contributed by atoms with Crippen molar-refractivity contribution in [2.45, 2.75) is 13.2 Å². The van der Waals surface area contributed by atoms with Gasteiger partial charge >= 0.3 is 0 Å². The minimum Gasteiger partial charge on any atom is -0.489 e. The van der Waals surface area contributed by atoms with E-state index in [9.17, 15) is 4.79 Å². The molecule has 0 atom stereocenters. The SMILES string of the molecule is O=C(NCc1cn2ccsc2n1)c1cccc(OCc2ccccc2)c1. The number of thiazole rings is 1. The molecule has 130 valence electrons. The van der Waals surface area contributed by atoms with Gasteiger partial charge in [0.2, 0.25) is 0 Å². The highest BCUT2D eigenvalue weighted by atomic mass is 32.1. The Hall–Kier alpha value is -3.12. The molecule has 1 N–H and O–H groups in total. The molecule has 4 rings (SSSR count). The lowest BCUT2D eigenvalue weighted by atomic mass is 10.2. The molecule has 0 saturated heterocycles. The monoisotopic (exact) mass is 363 g/mol. The number of amides is 1. The van der Waals surface area contributed by atoms with E-state index in [0.717, 1.165) is 16.2 Å². The van der Waals surface area contributed by atoms with Gasteiger partial charge in [-0.05, 0) is 23.8 Å². The molecule has 0 unspecified atom stereocenters. The van der Waals surface area contributed by atoms with Crippen molar-refractivity contribution in [2.75, 3.05) is 0 Å². The number of benzene rings is 2. The van der Waals surface area contributed by atoms with E-state index >= 15 is 0 Å². The average molecular weight is 363 g/mol. The van der Waals surface area contributed by atoms with Crippen molar-refractivity contribution in [1.82, 2.24) is 14.7 Å². The molecular weight excluding hydrogens is 346 g/mol. The van der Waals surface area contributed by atoms with Gasteiger partial charge in [0.25, 0.3) is 5.91 Å². The number of imidazole rings is 1. The first-order chi connectivity index (χ1) is 12.8. The number of carbonyl (C=O) groups is 1. The van der Waals surface area contributed by atoms with Crippen molar-refractivity contribution in [3.8, 4) is 5.75 Å². The Labute approximate surface area is 154 Å². The second kappa shape index (κ2) is 7.41. The summed E-state index contributed by atoms with van der Waals surface area (Å²) < 4.78 is 7.73. The Balaban J connectivity index is 1.37. The minimum absolute atomic E-state index is 0.147. The van der Waals surface area contributed by atoms with Crippen LogP contribution in [0.5, 0.6) is 5.75 Å². The van der Waals surface area contributed by atoms with E-state index in [4.69, 9.17) is 4.74 Å². The molecule has 4 aromatic rings. The van der Waals surface area contributed by atoms with Crippen molar-refractivity contribution in [2.24, 2.45) is 0 Å². The van der Waals surface area contributed by atoms with E-state index in [2.05, 4.69) is 10.3 Å². The van der Waals surface area contributed by atoms with Crippen molar-refractivity contribution in [3.05, 3.63) is 89.2 Å². The van der Waals surface area contributed by atoms with Crippen LogP contribution in [-0.2, 0) is 13.2 Å². The highest BCUT2D eigenvalue weighted by Gasteiger charge is 2.09. The first-order valence-corrected chi connectivity index (χ1v) is 9.12. The summed E-state index contributed by atoms with van der Waals surface area (Å²) in [6.07, 6.45) is 3.87. The summed E-state index contributed by atoms with van der Waals surface area (Å²) in [5, 5.41) is 4.88. The standard InChI is InChI=1S/C20H17N3O2S/c24-19(21-12-17-13-23-9-10-26-20(23)22-17)16-7-4-8-18(11-16)25-14-15-5-2-1-3-6-15/h1-11,13H,12,14H2,(H,21,24). The molecule has 2 aromatic heterocycles. The van der Waals surface area contributed by atoms with Crippen LogP contribution in [0.3, 0.4) is 0 Å². The Morgan fingerprint density at radius 3 is 2.88 bits per heavy atom. The van der Waals surface area contributed by atoms with E-state index in [1.807, 2.05) is 64.6 Å². The van der Waals surface area contributed by atoms with Crippen LogP contribution < -0.4 is 10.1 Å². The van der Waals surface area contributed by atoms with Gasteiger partial charge in [-0.1, -0.05) is 36.4 Å². The quantitative estimate of drug-likeness (QED) is 0.565. The maximum absolute atomic E-state index is 12.4. The Morgan fingerprint density at radius 1 is 1.15 bits per heavy atom. The number of ether oxygens (including phenoxy) is 1. The number of rotatable bonds is 6. The van der Waals surface area contributed by atoms with Gasteiger partial charge in [0.15, 0.2) is 4.96 Å². The lowest BCUT2D eigenvalue weighted by Gasteiger charge is -2.08. The minimum atomic E-state index is -0.147. The van der Waals surface area contributed by atoms with E-state index in [-0.39, 0.29) is 5.91 Å². The lowest BCUT2D eigenvalue weighted by molar-refractivity contribution is 0.0950. The molecule has 1 amide bonds. The lowest BCUT2D eigenvalue weighted by Crippen LogP contribution is -2.22. The largest absolute Gasteiger partial charge is 0.489 e. The van der Waals surface area contributed by atoms with Crippen LogP contribution in [0.25, 0.3) is 4.96 Å². The normalized spacial score (nSPS) is 10.8. The molecule has 0 radical (unpaired) electrons. The maximum atomic E-state index is 12.4. The highest BCUT2D eigenvalue weighted by molar-refractivity contribution is 7.15. The summed E-state index contributed by atoms with van der Waals surface area (Å²) >= 11 is 1.57. The number of fused-ring (bicyclic) bond motifs is 1. The van der Waals surface area contributed by atoms with E-state index in [0.29, 0.717) is 24.5 Å². The van der Waals surface area contributed by atoms with Crippen LogP contribution in [0.4, 0.5) is 0 Å². The van der Waals surface area contributed by atoms with Gasteiger partial charge in [-0.3, -0.25) is 9.20 Å². The van der Waals surface area contributed by atoms with Crippen LogP contribution in [-0.4, -0.2) is 15.3 Å². The summed E-state index contributed by atoms with van der Waals surface area (Å²) in [6.45, 7) is 0.861. The van der Waals surface area contributed by atoms with E-state index in [1.54, 1.807) is 23.5 Å². The van der Waals surface area contributed by atoms with Gasteiger partial charge in [0.1, 0.15) is 12.4 Å². The molecule has 2 aromatic carbocycles. The van der Waals surface area contributed by atoms with Gasteiger partial charge in [0.05, 0.1) is 12.2 Å². The Kier molecular flexibility index (Phi) is 4.66. The van der Waals surface area contributed by atoms with Crippen molar-refractivity contribution < 1.29 is 9.53 Å². The topological polar surface area (TPSA) is 55.6 Å². The zero-order chi connectivity index (χ0) is 17.8. The Morgan fingerprint density at radius 2 is 2.04 bits per heavy atom. The second-order valence-corrected chi connectivity index (χ2v) is 6.68. The summed E-state index contributed by atoms with van der Waals surface area (Å²) in [7, 11) is 0. The molecule has 26 heavy (non-hydrogen) atoms. The van der Waals surface area contributed by atoms with E-state index < -0.39 is 0 Å². The molecule has 0 aliphatic rings. The fourth-order valence-corrected chi connectivity index (χ4v) is 3.32. The average Bonchev–Trinajstić information content (AvgIpc) is 3.27. The first kappa shape index (κ1) is 16.4. The van der Waals surface area contributed by atoms with Gasteiger partial charge in [-0.15, -0.1) is 11.3 Å². The molecule has 0 bridgehead atoms. The number of hydrogen-bond acceptors (Lipinski definition) is 4. The maximum Gasteiger partial charge on any atom is 0.251 e. The third-order valence-corrected chi connectivity index (χ3v) is 4.69. The molecule has 0 aliphatic carbocycles. The predicted molar refractivity (Wildman–Crippen MR) is 101 cm³/mol. The number of nitrogens with zero attached hydrogens (tertiary/aromatic N) is 2. The first-order valence-electron chi connectivity index (χ1n) is 8.24. The fraction of sp³-hybridized carbons (Fsp3) is 0.100. The molecular formula is C20H17N3O2S. The molecule has 2 heterocycles. The molecule has 0 spiro atoms. The zero-order valence-corrected chi connectivity index (χ0v) is 14.8. The zero-order valence-electron chi connectivity index (χ0n) is 14.0.